The van der Waals surface area contributed by atoms with Crippen LogP contribution in [0.1, 0.15) is 29.6 Å². The van der Waals surface area contributed by atoms with Gasteiger partial charge in [-0.2, -0.15) is 0 Å². The lowest BCUT2D eigenvalue weighted by molar-refractivity contribution is -0.0871. The molecule has 1 heterocycles. The molecule has 162 valence electrons. The molecule has 1 aliphatic heterocycles. The lowest BCUT2D eigenvalue weighted by Gasteiger charge is -2.36. The molecule has 3 atom stereocenters. The fraction of sp³-hybridized carbons (Fsp3) is 0.381. The maximum Gasteiger partial charge on any atom is 0.254 e. The van der Waals surface area contributed by atoms with Gasteiger partial charge in [0.05, 0.1) is 35.3 Å². The monoisotopic (exact) mass is 436 g/mol. The first-order valence-electron chi connectivity index (χ1n) is 9.77. The Balaban J connectivity index is 1.51. The second-order valence-corrected chi connectivity index (χ2v) is 8.84. The highest BCUT2D eigenvalue weighted by Gasteiger charge is 2.33. The first kappa shape index (κ1) is 22.4. The van der Waals surface area contributed by atoms with E-state index in [-0.39, 0.29) is 29.7 Å². The molecule has 1 amide bonds. The van der Waals surface area contributed by atoms with Crippen molar-refractivity contribution in [2.24, 2.45) is 0 Å². The van der Waals surface area contributed by atoms with Gasteiger partial charge in [-0.3, -0.25) is 4.79 Å². The number of hydrogen-bond acceptors (Lipinski definition) is 5. The molecular weight excluding hydrogens is 411 g/mol. The zero-order valence-electron chi connectivity index (χ0n) is 16.3. The van der Waals surface area contributed by atoms with E-state index in [2.05, 4.69) is 10.0 Å². The minimum Gasteiger partial charge on any atom is -0.394 e. The third-order valence-corrected chi connectivity index (χ3v) is 6.53. The molecule has 2 aromatic carbocycles. The van der Waals surface area contributed by atoms with Crippen LogP contribution in [-0.4, -0.2) is 50.8 Å². The fourth-order valence-corrected chi connectivity index (χ4v) is 4.75. The number of amides is 1. The van der Waals surface area contributed by atoms with E-state index in [1.165, 1.54) is 30.3 Å². The van der Waals surface area contributed by atoms with Crippen molar-refractivity contribution >= 4 is 15.9 Å². The molecule has 1 saturated heterocycles. The molecule has 0 spiro atoms. The Kier molecular flexibility index (Phi) is 7.54. The van der Waals surface area contributed by atoms with Crippen LogP contribution in [0.2, 0.25) is 0 Å². The molecule has 0 unspecified atom stereocenters. The lowest BCUT2D eigenvalue weighted by atomic mass is 9.98. The van der Waals surface area contributed by atoms with Gasteiger partial charge in [-0.25, -0.2) is 17.5 Å². The van der Waals surface area contributed by atoms with Crippen molar-refractivity contribution in [3.05, 3.63) is 66.0 Å². The summed E-state index contributed by atoms with van der Waals surface area (Å²) < 4.78 is 47.2. The predicted octanol–water partition coefficient (Wildman–Crippen LogP) is 1.83. The number of aliphatic hydroxyl groups is 1. The Morgan fingerprint density at radius 2 is 1.80 bits per heavy atom. The highest BCUT2D eigenvalue weighted by atomic mass is 32.2. The first-order chi connectivity index (χ1) is 14.4. The van der Waals surface area contributed by atoms with E-state index in [0.29, 0.717) is 19.3 Å². The Bertz CT molecular complexity index is 955. The van der Waals surface area contributed by atoms with Gasteiger partial charge in [-0.1, -0.05) is 30.3 Å². The van der Waals surface area contributed by atoms with Gasteiger partial charge in [0.2, 0.25) is 10.0 Å². The number of carbonyl (C=O) groups is 1. The normalized spacial score (nSPS) is 21.9. The Morgan fingerprint density at radius 1 is 1.10 bits per heavy atom. The van der Waals surface area contributed by atoms with E-state index in [1.807, 2.05) is 0 Å². The smallest absolute Gasteiger partial charge is 0.254 e. The molecule has 2 aromatic rings. The first-order valence-corrected chi connectivity index (χ1v) is 11.3. The summed E-state index contributed by atoms with van der Waals surface area (Å²) in [7, 11) is -3.72. The molecule has 7 nitrogen and oxygen atoms in total. The van der Waals surface area contributed by atoms with Crippen molar-refractivity contribution in [1.82, 2.24) is 10.0 Å². The summed E-state index contributed by atoms with van der Waals surface area (Å²) in [6.45, 7) is -0.0591. The van der Waals surface area contributed by atoms with Crippen LogP contribution in [0.25, 0.3) is 0 Å². The quantitative estimate of drug-likeness (QED) is 0.586. The molecule has 0 bridgehead atoms. The van der Waals surface area contributed by atoms with Gasteiger partial charge in [0.15, 0.2) is 0 Å². The van der Waals surface area contributed by atoms with Gasteiger partial charge in [-0.15, -0.1) is 0 Å². The molecule has 0 aliphatic carbocycles. The summed E-state index contributed by atoms with van der Waals surface area (Å²) in [6.07, 6.45) is 0.580. The summed E-state index contributed by atoms with van der Waals surface area (Å²) >= 11 is 0. The van der Waals surface area contributed by atoms with Gasteiger partial charge in [0.1, 0.15) is 5.82 Å². The van der Waals surface area contributed by atoms with E-state index in [1.54, 1.807) is 24.3 Å². The standard InChI is InChI=1S/C21H25FN2O5S/c22-18-9-5-4-8-17(18)21(26)23-13-12-15-10-11-19(20(14-25)29-15)24-30(27,28)16-6-2-1-3-7-16/h1-9,15,19-20,24-25H,10-14H2,(H,23,26)/t15-,19-,20-/m1/s1. The Labute approximate surface area is 175 Å². The van der Waals surface area contributed by atoms with Crippen molar-refractivity contribution < 1.29 is 27.4 Å². The van der Waals surface area contributed by atoms with E-state index in [0.717, 1.165) is 0 Å². The van der Waals surface area contributed by atoms with Crippen molar-refractivity contribution in [3.8, 4) is 0 Å². The van der Waals surface area contributed by atoms with E-state index < -0.39 is 33.9 Å². The summed E-state index contributed by atoms with van der Waals surface area (Å²) in [5, 5.41) is 12.3. The predicted molar refractivity (Wildman–Crippen MR) is 109 cm³/mol. The minimum absolute atomic E-state index is 0.0225. The second kappa shape index (κ2) is 10.1. The number of halogens is 1. The van der Waals surface area contributed by atoms with Crippen molar-refractivity contribution in [2.75, 3.05) is 13.2 Å². The maximum atomic E-state index is 13.7. The van der Waals surface area contributed by atoms with E-state index >= 15 is 0 Å². The van der Waals surface area contributed by atoms with Crippen LogP contribution >= 0.6 is 0 Å². The van der Waals surface area contributed by atoms with Gasteiger partial charge in [-0.05, 0) is 43.5 Å². The topological polar surface area (TPSA) is 105 Å². The number of benzene rings is 2. The summed E-state index contributed by atoms with van der Waals surface area (Å²) in [6, 6.07) is 13.2. The average molecular weight is 437 g/mol. The molecule has 30 heavy (non-hydrogen) atoms. The Hall–Kier alpha value is -2.33. The lowest BCUT2D eigenvalue weighted by Crippen LogP contribution is -2.51. The van der Waals surface area contributed by atoms with Crippen molar-refractivity contribution in [2.45, 2.75) is 42.4 Å². The van der Waals surface area contributed by atoms with Crippen LogP contribution < -0.4 is 10.0 Å². The SMILES string of the molecule is O=C(NCC[C@H]1CC[C@@H](NS(=O)(=O)c2ccccc2)[C@@H](CO)O1)c1ccccc1F. The van der Waals surface area contributed by atoms with Crippen LogP contribution in [0.5, 0.6) is 0 Å². The number of ether oxygens (including phenoxy) is 1. The fourth-order valence-electron chi connectivity index (χ4n) is 3.43. The minimum atomic E-state index is -3.72. The van der Waals surface area contributed by atoms with Crippen LogP contribution in [-0.2, 0) is 14.8 Å². The van der Waals surface area contributed by atoms with E-state index in [9.17, 15) is 22.7 Å². The van der Waals surface area contributed by atoms with Gasteiger partial charge >= 0.3 is 0 Å². The second-order valence-electron chi connectivity index (χ2n) is 7.12. The van der Waals surface area contributed by atoms with Crippen LogP contribution in [0, 0.1) is 5.82 Å². The molecule has 0 radical (unpaired) electrons. The highest BCUT2D eigenvalue weighted by Crippen LogP contribution is 2.23. The molecule has 1 fully saturated rings. The molecule has 3 N–H and O–H groups in total. The molecule has 0 aromatic heterocycles. The summed E-state index contributed by atoms with van der Waals surface area (Å²) in [4.78, 5) is 12.2. The third-order valence-electron chi connectivity index (χ3n) is 5.03. The number of hydrogen-bond donors (Lipinski definition) is 3. The molecule has 9 heteroatoms. The largest absolute Gasteiger partial charge is 0.394 e. The highest BCUT2D eigenvalue weighted by molar-refractivity contribution is 7.89. The molecular formula is C21H25FN2O5S. The van der Waals surface area contributed by atoms with E-state index in [4.69, 9.17) is 4.74 Å². The maximum absolute atomic E-state index is 13.7. The number of sulfonamides is 1. The van der Waals surface area contributed by atoms with Crippen molar-refractivity contribution in [3.63, 3.8) is 0 Å². The average Bonchev–Trinajstić information content (AvgIpc) is 2.75. The van der Waals surface area contributed by atoms with Gasteiger partial charge in [0.25, 0.3) is 5.91 Å². The zero-order chi connectivity index (χ0) is 21.6. The summed E-state index contributed by atoms with van der Waals surface area (Å²) in [5.41, 5.74) is -0.0225. The van der Waals surface area contributed by atoms with Crippen molar-refractivity contribution in [1.29, 1.82) is 0 Å². The van der Waals surface area contributed by atoms with Gasteiger partial charge in [0, 0.05) is 6.54 Å². The van der Waals surface area contributed by atoms with Crippen LogP contribution in [0.15, 0.2) is 59.5 Å². The molecule has 0 saturated carbocycles. The van der Waals surface area contributed by atoms with Crippen LogP contribution in [0.4, 0.5) is 4.39 Å². The molecule has 1 aliphatic rings. The number of carbonyl (C=O) groups excluding carboxylic acids is 1. The third kappa shape index (κ3) is 5.63. The number of rotatable bonds is 8. The number of nitrogens with one attached hydrogen (secondary N) is 2. The van der Waals surface area contributed by atoms with Crippen LogP contribution in [0.3, 0.4) is 0 Å². The van der Waals surface area contributed by atoms with Gasteiger partial charge < -0.3 is 15.2 Å². The molecule has 3 rings (SSSR count). The Morgan fingerprint density at radius 3 is 2.50 bits per heavy atom. The summed E-state index contributed by atoms with van der Waals surface area (Å²) in [5.74, 6) is -1.09. The zero-order valence-corrected chi connectivity index (χ0v) is 17.1. The number of aliphatic hydroxyl groups excluding tert-OH is 1.